The average Bonchev–Trinajstić information content (AvgIpc) is 3.47. The van der Waals surface area contributed by atoms with E-state index in [0.717, 1.165) is 38.5 Å². The van der Waals surface area contributed by atoms with Gasteiger partial charge in [-0.05, 0) is 32.1 Å². The SMILES string of the molecule is CCCCCCCCCCCCCCCCCCCCCCCCCC/C=C/CC/C=C/C(O)C(COP(=O)([O-])OCC[N+](C)(C)C)NC(=O)CCCCCCCCCCCCCCCCCCCCCCCCCCCCCCCC. The Balaban J connectivity index is 4.04. The number of nitrogens with one attached hydrogen (secondary N) is 1. The number of hydrogen-bond donors (Lipinski definition) is 2. The van der Waals surface area contributed by atoms with Crippen LogP contribution in [0.4, 0.5) is 0 Å². The Hall–Kier alpha value is -1.02. The number of nitrogens with zero attached hydrogens (tertiary/aromatic N) is 1. The molecule has 488 valence electrons. The van der Waals surface area contributed by atoms with Crippen LogP contribution in [0.1, 0.15) is 386 Å². The minimum absolute atomic E-state index is 0.00334. The average molecular weight is 1180 g/mol. The molecule has 9 heteroatoms. The Morgan fingerprint density at radius 2 is 0.683 bits per heavy atom. The lowest BCUT2D eigenvalue weighted by Gasteiger charge is -2.29. The zero-order valence-electron chi connectivity index (χ0n) is 56.0. The molecule has 0 saturated carbocycles. The molecule has 3 unspecified atom stereocenters. The number of phosphoric ester groups is 1. The van der Waals surface area contributed by atoms with Crippen LogP contribution < -0.4 is 10.2 Å². The van der Waals surface area contributed by atoms with Crippen LogP contribution in [-0.2, 0) is 18.4 Å². The fourth-order valence-electron chi connectivity index (χ4n) is 11.5. The molecule has 0 heterocycles. The van der Waals surface area contributed by atoms with Gasteiger partial charge < -0.3 is 28.8 Å². The summed E-state index contributed by atoms with van der Waals surface area (Å²) in [6.45, 7) is 4.70. The predicted molar refractivity (Wildman–Crippen MR) is 358 cm³/mol. The van der Waals surface area contributed by atoms with Crippen molar-refractivity contribution in [3.8, 4) is 0 Å². The highest BCUT2D eigenvalue weighted by atomic mass is 31.2. The molecule has 0 aliphatic rings. The van der Waals surface area contributed by atoms with Gasteiger partial charge >= 0.3 is 0 Å². The van der Waals surface area contributed by atoms with Gasteiger partial charge in [-0.25, -0.2) is 0 Å². The second-order valence-electron chi connectivity index (χ2n) is 26.7. The van der Waals surface area contributed by atoms with Crippen LogP contribution in [0.5, 0.6) is 0 Å². The van der Waals surface area contributed by atoms with Gasteiger partial charge in [-0.1, -0.05) is 372 Å². The second kappa shape index (κ2) is 64.5. The molecule has 0 bridgehead atoms. The number of allylic oxidation sites excluding steroid dienone is 3. The van der Waals surface area contributed by atoms with E-state index in [9.17, 15) is 19.4 Å². The maximum Gasteiger partial charge on any atom is 0.268 e. The van der Waals surface area contributed by atoms with E-state index in [2.05, 4.69) is 31.3 Å². The summed E-state index contributed by atoms with van der Waals surface area (Å²) in [5.74, 6) is -0.198. The summed E-state index contributed by atoms with van der Waals surface area (Å²) < 4.78 is 23.5. The van der Waals surface area contributed by atoms with E-state index in [4.69, 9.17) is 9.05 Å². The molecule has 0 aliphatic heterocycles. The molecule has 82 heavy (non-hydrogen) atoms. The van der Waals surface area contributed by atoms with Crippen molar-refractivity contribution in [3.63, 3.8) is 0 Å². The van der Waals surface area contributed by atoms with E-state index in [1.165, 1.54) is 327 Å². The Morgan fingerprint density at radius 1 is 0.415 bits per heavy atom. The monoisotopic (exact) mass is 1180 g/mol. The third kappa shape index (κ3) is 66.5. The van der Waals surface area contributed by atoms with Gasteiger partial charge in [-0.2, -0.15) is 0 Å². The standard InChI is InChI=1S/C73H145N2O6P/c1-6-8-10-12-14-16-18-20-22-24-26-28-30-32-34-36-38-40-42-44-46-48-50-52-54-56-58-60-62-64-66-72(76)71(70-81-82(78,79)80-69-68-75(3,4)5)74-73(77)67-65-63-61-59-57-55-53-51-49-47-45-43-41-39-37-35-33-31-29-27-25-23-21-19-17-15-13-11-9-7-2/h56,58,64,66,71-72,76H,6-55,57,59-63,65,67-70H2,1-5H3,(H-,74,77,78,79)/b58-56+,66-64+. The van der Waals surface area contributed by atoms with E-state index < -0.39 is 20.0 Å². The van der Waals surface area contributed by atoms with Crippen LogP contribution in [0.15, 0.2) is 24.3 Å². The van der Waals surface area contributed by atoms with Crippen LogP contribution in [-0.4, -0.2) is 68.5 Å². The third-order valence-corrected chi connectivity index (χ3v) is 18.1. The quantitative estimate of drug-likeness (QED) is 0.0272. The van der Waals surface area contributed by atoms with Crippen molar-refractivity contribution >= 4 is 13.7 Å². The number of aliphatic hydroxyl groups excluding tert-OH is 1. The number of unbranched alkanes of at least 4 members (excludes halogenated alkanes) is 54. The molecule has 0 aromatic carbocycles. The number of amides is 1. The topological polar surface area (TPSA) is 108 Å². The van der Waals surface area contributed by atoms with Gasteiger partial charge in [0, 0.05) is 6.42 Å². The minimum Gasteiger partial charge on any atom is -0.756 e. The molecule has 0 radical (unpaired) electrons. The molecule has 0 aromatic heterocycles. The predicted octanol–water partition coefficient (Wildman–Crippen LogP) is 22.8. The summed E-state index contributed by atoms with van der Waals surface area (Å²) in [4.78, 5) is 25.6. The Kier molecular flexibility index (Phi) is 63.7. The summed E-state index contributed by atoms with van der Waals surface area (Å²) in [5.41, 5.74) is 0. The molecule has 0 saturated heterocycles. The molecule has 2 N–H and O–H groups in total. The first-order valence-electron chi connectivity index (χ1n) is 36.7. The molecular formula is C73H145N2O6P. The van der Waals surface area contributed by atoms with Gasteiger partial charge in [0.25, 0.3) is 7.82 Å². The van der Waals surface area contributed by atoms with Gasteiger partial charge in [-0.15, -0.1) is 0 Å². The number of rotatable bonds is 69. The minimum atomic E-state index is -4.61. The lowest BCUT2D eigenvalue weighted by atomic mass is 10.0. The van der Waals surface area contributed by atoms with E-state index >= 15 is 0 Å². The van der Waals surface area contributed by atoms with Crippen LogP contribution >= 0.6 is 7.82 Å². The van der Waals surface area contributed by atoms with E-state index in [1.54, 1.807) is 6.08 Å². The summed E-state index contributed by atoms with van der Waals surface area (Å²) in [7, 11) is 1.26. The van der Waals surface area contributed by atoms with Crippen molar-refractivity contribution in [2.24, 2.45) is 0 Å². The van der Waals surface area contributed by atoms with Gasteiger partial charge in [0.15, 0.2) is 0 Å². The molecule has 0 aliphatic carbocycles. The van der Waals surface area contributed by atoms with Gasteiger partial charge in [0.1, 0.15) is 13.2 Å². The molecule has 8 nitrogen and oxygen atoms in total. The number of aliphatic hydroxyl groups is 1. The molecule has 0 fully saturated rings. The number of quaternary nitrogens is 1. The maximum atomic E-state index is 13.0. The van der Waals surface area contributed by atoms with Crippen molar-refractivity contribution in [1.29, 1.82) is 0 Å². The first kappa shape index (κ1) is 81.0. The molecule has 0 spiro atoms. The highest BCUT2D eigenvalue weighted by Crippen LogP contribution is 2.38. The van der Waals surface area contributed by atoms with E-state index in [-0.39, 0.29) is 19.1 Å². The molecule has 3 atom stereocenters. The zero-order chi connectivity index (χ0) is 59.8. The maximum absolute atomic E-state index is 13.0. The Bertz CT molecular complexity index is 1390. The van der Waals surface area contributed by atoms with Gasteiger partial charge in [-0.3, -0.25) is 9.36 Å². The van der Waals surface area contributed by atoms with Crippen molar-refractivity contribution in [2.75, 3.05) is 40.9 Å². The normalized spacial score (nSPS) is 13.7. The lowest BCUT2D eigenvalue weighted by Crippen LogP contribution is -2.45. The van der Waals surface area contributed by atoms with Crippen molar-refractivity contribution in [2.45, 2.75) is 398 Å². The second-order valence-corrected chi connectivity index (χ2v) is 28.1. The third-order valence-electron chi connectivity index (χ3n) is 17.2. The highest BCUT2D eigenvalue weighted by molar-refractivity contribution is 7.45. The number of phosphoric acid groups is 1. The lowest BCUT2D eigenvalue weighted by molar-refractivity contribution is -0.870. The number of carbonyl (C=O) groups excluding carboxylic acids is 1. The van der Waals surface area contributed by atoms with E-state index in [1.807, 2.05) is 27.2 Å². The number of likely N-dealkylation sites (N-methyl/N-ethyl adjacent to an activating group) is 1. The first-order chi connectivity index (χ1) is 40.0. The molecule has 0 aromatic rings. The van der Waals surface area contributed by atoms with Crippen LogP contribution in [0.25, 0.3) is 0 Å². The van der Waals surface area contributed by atoms with E-state index in [0.29, 0.717) is 17.4 Å². The van der Waals surface area contributed by atoms with Crippen molar-refractivity contribution in [1.82, 2.24) is 5.32 Å². The molecule has 1 amide bonds. The largest absolute Gasteiger partial charge is 0.756 e. The van der Waals surface area contributed by atoms with Crippen LogP contribution in [0, 0.1) is 0 Å². The summed E-state index contributed by atoms with van der Waals surface area (Å²) in [6, 6.07) is -0.902. The Labute approximate surface area is 513 Å². The van der Waals surface area contributed by atoms with Crippen LogP contribution in [0.2, 0.25) is 0 Å². The Morgan fingerprint density at radius 3 is 0.988 bits per heavy atom. The smallest absolute Gasteiger partial charge is 0.268 e. The fraction of sp³-hybridized carbons (Fsp3) is 0.932. The highest BCUT2D eigenvalue weighted by Gasteiger charge is 2.23. The van der Waals surface area contributed by atoms with Crippen molar-refractivity contribution in [3.05, 3.63) is 24.3 Å². The number of hydrogen-bond acceptors (Lipinski definition) is 6. The van der Waals surface area contributed by atoms with Crippen LogP contribution in [0.3, 0.4) is 0 Å². The fourth-order valence-corrected chi connectivity index (χ4v) is 12.2. The summed E-state index contributed by atoms with van der Waals surface area (Å²) in [6.07, 6.45) is 84.7. The summed E-state index contributed by atoms with van der Waals surface area (Å²) >= 11 is 0. The molecular weight excluding hydrogens is 1030 g/mol. The summed E-state index contributed by atoms with van der Waals surface area (Å²) in [5, 5.41) is 14.0. The number of carbonyl (C=O) groups is 1. The molecule has 0 rings (SSSR count). The van der Waals surface area contributed by atoms with Gasteiger partial charge in [0.05, 0.1) is 39.9 Å². The van der Waals surface area contributed by atoms with Crippen molar-refractivity contribution < 1.29 is 32.9 Å². The first-order valence-corrected chi connectivity index (χ1v) is 38.2. The zero-order valence-corrected chi connectivity index (χ0v) is 56.9. The van der Waals surface area contributed by atoms with Gasteiger partial charge in [0.2, 0.25) is 5.91 Å².